The van der Waals surface area contributed by atoms with Gasteiger partial charge in [0.15, 0.2) is 9.84 Å². The highest BCUT2D eigenvalue weighted by molar-refractivity contribution is 7.91. The van der Waals surface area contributed by atoms with E-state index < -0.39 is 51.9 Å². The molecule has 19 heteroatoms. The van der Waals surface area contributed by atoms with Gasteiger partial charge in [0.05, 0.1) is 16.2 Å². The molecular formula is C32H37F6N3O9S. The molecule has 12 nitrogen and oxygen atoms in total. The number of ether oxygens (including phenoxy) is 1. The highest BCUT2D eigenvalue weighted by atomic mass is 32.2. The molecule has 0 unspecified atom stereocenters. The van der Waals surface area contributed by atoms with E-state index >= 15 is 0 Å². The first-order chi connectivity index (χ1) is 23.7. The Morgan fingerprint density at radius 2 is 1.55 bits per heavy atom. The van der Waals surface area contributed by atoms with Crippen LogP contribution in [0.1, 0.15) is 37.4 Å². The average Bonchev–Trinajstić information content (AvgIpc) is 3.05. The Labute approximate surface area is 288 Å². The van der Waals surface area contributed by atoms with Gasteiger partial charge in [-0.25, -0.2) is 23.5 Å². The number of halogens is 6. The number of carboxylic acid groups (broad SMARTS) is 2. The lowest BCUT2D eigenvalue weighted by Gasteiger charge is -2.37. The van der Waals surface area contributed by atoms with Crippen LogP contribution in [0, 0.1) is 18.8 Å². The van der Waals surface area contributed by atoms with E-state index in [2.05, 4.69) is 16.8 Å². The maximum atomic E-state index is 13.3. The fourth-order valence-electron chi connectivity index (χ4n) is 5.09. The molecule has 0 spiro atoms. The molecule has 2 aromatic carbocycles. The van der Waals surface area contributed by atoms with Gasteiger partial charge in [-0.2, -0.15) is 26.3 Å². The molecule has 0 radical (unpaired) electrons. The molecule has 4 rings (SSSR count). The normalized spacial score (nSPS) is 16.6. The second-order valence-corrected chi connectivity index (χ2v) is 13.4. The number of carbonyl (C=O) groups excluding carboxylic acids is 1. The molecule has 0 saturated carbocycles. The number of likely N-dealkylation sites (tertiary alicyclic amines) is 1. The van der Waals surface area contributed by atoms with E-state index in [1.54, 1.807) is 29.7 Å². The van der Waals surface area contributed by atoms with Crippen molar-refractivity contribution in [2.75, 3.05) is 25.4 Å². The van der Waals surface area contributed by atoms with Gasteiger partial charge in [-0.15, -0.1) is 0 Å². The van der Waals surface area contributed by atoms with E-state index in [9.17, 15) is 44.8 Å². The van der Waals surface area contributed by atoms with Crippen LogP contribution < -0.4 is 10.2 Å². The Kier molecular flexibility index (Phi) is 15.6. The molecule has 1 amide bonds. The predicted molar refractivity (Wildman–Crippen MR) is 170 cm³/mol. The quantitative estimate of drug-likeness (QED) is 0.118. The second kappa shape index (κ2) is 18.7. The third-order valence-electron chi connectivity index (χ3n) is 7.52. The number of hydroxylamine groups is 1. The van der Waals surface area contributed by atoms with Crippen molar-refractivity contribution in [1.29, 1.82) is 0 Å². The summed E-state index contributed by atoms with van der Waals surface area (Å²) in [6.07, 6.45) is -7.58. The van der Waals surface area contributed by atoms with Gasteiger partial charge in [0.2, 0.25) is 5.91 Å². The first kappa shape index (κ1) is 42.7. The topological polar surface area (TPSA) is 183 Å². The van der Waals surface area contributed by atoms with Crippen molar-refractivity contribution in [3.63, 3.8) is 0 Å². The van der Waals surface area contributed by atoms with Crippen LogP contribution in [-0.4, -0.2) is 89.3 Å². The molecular weight excluding hydrogens is 716 g/mol. The van der Waals surface area contributed by atoms with Crippen LogP contribution in [0.4, 0.5) is 26.3 Å². The summed E-state index contributed by atoms with van der Waals surface area (Å²) in [6, 6.07) is 16.3. The van der Waals surface area contributed by atoms with Crippen molar-refractivity contribution in [1.82, 2.24) is 15.4 Å². The lowest BCUT2D eigenvalue weighted by Crippen LogP contribution is -2.48. The number of carboxylic acids is 2. The number of nitrogens with zero attached hydrogens (tertiary/aromatic N) is 2. The number of hydrogen-bond acceptors (Lipinski definition) is 9. The van der Waals surface area contributed by atoms with Gasteiger partial charge < -0.3 is 19.8 Å². The average molecular weight is 754 g/mol. The van der Waals surface area contributed by atoms with Crippen LogP contribution in [-0.2, 0) is 30.8 Å². The molecule has 4 N–H and O–H groups in total. The minimum atomic E-state index is -5.08. The molecule has 1 aliphatic rings. The third-order valence-corrected chi connectivity index (χ3v) is 9.38. The molecule has 282 valence electrons. The number of carbonyl (C=O) groups is 3. The minimum absolute atomic E-state index is 0.157. The summed E-state index contributed by atoms with van der Waals surface area (Å²) in [5, 5.41) is 24.5. The van der Waals surface area contributed by atoms with Crippen LogP contribution in [0.25, 0.3) is 10.9 Å². The number of hydrogen-bond donors (Lipinski definition) is 4. The molecule has 3 aromatic rings. The summed E-state index contributed by atoms with van der Waals surface area (Å²) < 4.78 is 96.0. The zero-order valence-electron chi connectivity index (χ0n) is 27.4. The minimum Gasteiger partial charge on any atom is -0.489 e. The maximum absolute atomic E-state index is 13.3. The molecule has 0 bridgehead atoms. The van der Waals surface area contributed by atoms with E-state index in [0.717, 1.165) is 41.5 Å². The summed E-state index contributed by atoms with van der Waals surface area (Å²) >= 11 is 0. The Balaban J connectivity index is 0.000000543. The molecule has 51 heavy (non-hydrogen) atoms. The number of nitrogens with one attached hydrogen (secondary N) is 1. The zero-order valence-corrected chi connectivity index (χ0v) is 28.2. The van der Waals surface area contributed by atoms with E-state index in [-0.39, 0.29) is 10.6 Å². The van der Waals surface area contributed by atoms with Gasteiger partial charge in [-0.3, -0.25) is 15.0 Å². The third kappa shape index (κ3) is 13.6. The van der Waals surface area contributed by atoms with E-state index in [1.807, 2.05) is 37.3 Å². The highest BCUT2D eigenvalue weighted by Gasteiger charge is 2.39. The number of alkyl halides is 6. The van der Waals surface area contributed by atoms with Crippen LogP contribution in [0.2, 0.25) is 0 Å². The lowest BCUT2D eigenvalue weighted by molar-refractivity contribution is -0.193. The molecule has 2 heterocycles. The van der Waals surface area contributed by atoms with Gasteiger partial charge in [-0.05, 0) is 75.2 Å². The number of fused-ring (bicyclic) bond motifs is 1. The van der Waals surface area contributed by atoms with Gasteiger partial charge in [0.1, 0.15) is 12.4 Å². The molecule has 2 atom stereocenters. The summed E-state index contributed by atoms with van der Waals surface area (Å²) in [6.45, 7) is 6.49. The Hall–Kier alpha value is -4.49. The highest BCUT2D eigenvalue weighted by Crippen LogP contribution is 2.29. The lowest BCUT2D eigenvalue weighted by atomic mass is 9.86. The number of aryl methyl sites for hydroxylation is 1. The number of amides is 1. The van der Waals surface area contributed by atoms with Gasteiger partial charge in [0.25, 0.3) is 0 Å². The zero-order chi connectivity index (χ0) is 38.6. The monoisotopic (exact) mass is 753 g/mol. The molecule has 1 fully saturated rings. The fourth-order valence-corrected chi connectivity index (χ4v) is 6.73. The first-order valence-electron chi connectivity index (χ1n) is 15.3. The SMILES string of the molecule is CCCCN1CC[C@H](C(=O)NO)[C@H](CS(=O)(=O)c2ccc(OCc3cc(C)nc4ccccc34)cc2)C1.O=C(O)C(F)(F)F.O=C(O)C(F)(F)F. The van der Waals surface area contributed by atoms with Gasteiger partial charge >= 0.3 is 24.3 Å². The first-order valence-corrected chi connectivity index (χ1v) is 16.9. The molecule has 1 aromatic heterocycles. The largest absolute Gasteiger partial charge is 0.490 e. The van der Waals surface area contributed by atoms with Crippen LogP contribution in [0.3, 0.4) is 0 Å². The smallest absolute Gasteiger partial charge is 0.489 e. The number of pyridine rings is 1. The van der Waals surface area contributed by atoms with Crippen molar-refractivity contribution < 1.29 is 69.3 Å². The number of piperidine rings is 1. The maximum Gasteiger partial charge on any atom is 0.490 e. The molecule has 0 aliphatic carbocycles. The van der Waals surface area contributed by atoms with Crippen molar-refractivity contribution in [2.45, 2.75) is 57.0 Å². The Morgan fingerprint density at radius 1 is 0.980 bits per heavy atom. The Morgan fingerprint density at radius 3 is 2.08 bits per heavy atom. The number of rotatable bonds is 10. The van der Waals surface area contributed by atoms with Gasteiger partial charge in [-0.1, -0.05) is 31.5 Å². The standard InChI is InChI=1S/C28H35N3O5S.2C2HF3O2/c1-3-4-14-31-15-13-26(28(32)30-33)22(17-31)19-37(34,35)24-11-9-23(10-12-24)36-18-21-16-20(2)29-27-8-6-5-7-25(21)27;2*3-2(4,5)1(6)7/h5-12,16,22,26,33H,3-4,13-15,17-19H2,1-2H3,(H,30,32);2*(H,6,7)/t22-,26-;;/m0../s1. The van der Waals surface area contributed by atoms with Crippen molar-refractivity contribution in [3.8, 4) is 5.75 Å². The second-order valence-electron chi connectivity index (χ2n) is 11.4. The summed E-state index contributed by atoms with van der Waals surface area (Å²) in [5.74, 6) is -6.56. The summed E-state index contributed by atoms with van der Waals surface area (Å²) in [5.41, 5.74) is 4.55. The fraction of sp³-hybridized carbons (Fsp3) is 0.438. The summed E-state index contributed by atoms with van der Waals surface area (Å²) in [4.78, 5) is 37.0. The number of sulfone groups is 1. The van der Waals surface area contributed by atoms with Gasteiger partial charge in [0, 0.05) is 29.1 Å². The van der Waals surface area contributed by atoms with Crippen molar-refractivity contribution >= 4 is 38.6 Å². The predicted octanol–water partition coefficient (Wildman–Crippen LogP) is 5.41. The molecule has 1 saturated heterocycles. The number of para-hydroxylation sites is 1. The number of benzene rings is 2. The van der Waals surface area contributed by atoms with Crippen LogP contribution in [0.15, 0.2) is 59.5 Å². The number of unbranched alkanes of at least 4 members (excludes halogenated alkanes) is 1. The van der Waals surface area contributed by atoms with E-state index in [1.165, 1.54) is 0 Å². The van der Waals surface area contributed by atoms with E-state index in [0.29, 0.717) is 31.9 Å². The van der Waals surface area contributed by atoms with E-state index in [4.69, 9.17) is 24.5 Å². The number of aromatic nitrogens is 1. The van der Waals surface area contributed by atoms with Crippen LogP contribution >= 0.6 is 0 Å². The van der Waals surface area contributed by atoms with Crippen molar-refractivity contribution in [2.24, 2.45) is 11.8 Å². The van der Waals surface area contributed by atoms with Crippen molar-refractivity contribution in [3.05, 3.63) is 65.9 Å². The number of aliphatic carboxylic acids is 2. The molecule has 1 aliphatic heterocycles. The van der Waals surface area contributed by atoms with Crippen LogP contribution in [0.5, 0.6) is 5.75 Å². The Bertz CT molecular complexity index is 1710. The summed E-state index contributed by atoms with van der Waals surface area (Å²) in [7, 11) is -3.65.